The van der Waals surface area contributed by atoms with Crippen molar-refractivity contribution in [3.8, 4) is 39.1 Å². The van der Waals surface area contributed by atoms with Gasteiger partial charge in [0, 0.05) is 27.3 Å². The molecular formula is C37H25N. The van der Waals surface area contributed by atoms with Crippen LogP contribution >= 0.6 is 0 Å². The molecule has 0 radical (unpaired) electrons. The lowest BCUT2D eigenvalue weighted by Crippen LogP contribution is -2.14. The van der Waals surface area contributed by atoms with Crippen molar-refractivity contribution in [1.82, 2.24) is 4.57 Å². The van der Waals surface area contributed by atoms with Crippen molar-refractivity contribution in [2.75, 3.05) is 0 Å². The van der Waals surface area contributed by atoms with Crippen LogP contribution in [0.4, 0.5) is 0 Å². The Morgan fingerprint density at radius 1 is 0.474 bits per heavy atom. The molecule has 0 unspecified atom stereocenters. The Kier molecular flexibility index (Phi) is 3.67. The first-order valence-electron chi connectivity index (χ1n) is 13.5. The summed E-state index contributed by atoms with van der Waals surface area (Å²) >= 11 is 0. The van der Waals surface area contributed by atoms with Crippen molar-refractivity contribution in [3.05, 3.63) is 126 Å². The van der Waals surface area contributed by atoms with Gasteiger partial charge in [-0.25, -0.2) is 0 Å². The predicted octanol–water partition coefficient (Wildman–Crippen LogP) is 9.89. The molecule has 7 aromatic rings. The minimum atomic E-state index is -0.0388. The lowest BCUT2D eigenvalue weighted by molar-refractivity contribution is 0.661. The number of rotatable bonds is 1. The average Bonchev–Trinajstić information content (AvgIpc) is 3.54. The summed E-state index contributed by atoms with van der Waals surface area (Å²) in [7, 11) is 0. The van der Waals surface area contributed by atoms with E-state index in [1.807, 2.05) is 0 Å². The van der Waals surface area contributed by atoms with Gasteiger partial charge in [0.1, 0.15) is 0 Å². The third-order valence-corrected chi connectivity index (χ3v) is 9.11. The molecule has 0 aliphatic heterocycles. The lowest BCUT2D eigenvalue weighted by atomic mass is 9.82. The number of hydrogen-bond acceptors (Lipinski definition) is 0. The molecule has 2 aliphatic rings. The molecule has 0 fully saturated rings. The van der Waals surface area contributed by atoms with E-state index < -0.39 is 0 Å². The van der Waals surface area contributed by atoms with Crippen molar-refractivity contribution >= 4 is 32.6 Å². The molecular weight excluding hydrogens is 458 g/mol. The second kappa shape index (κ2) is 6.82. The maximum absolute atomic E-state index is 2.51. The Morgan fingerprint density at radius 3 is 1.95 bits per heavy atom. The molecule has 0 atom stereocenters. The fourth-order valence-electron chi connectivity index (χ4n) is 7.41. The van der Waals surface area contributed by atoms with Gasteiger partial charge in [0.25, 0.3) is 0 Å². The number of nitrogens with zero attached hydrogens (tertiary/aromatic N) is 1. The van der Waals surface area contributed by atoms with Gasteiger partial charge < -0.3 is 4.57 Å². The third-order valence-electron chi connectivity index (χ3n) is 9.11. The second-order valence-corrected chi connectivity index (χ2v) is 11.4. The molecule has 0 amide bonds. The first-order valence-corrected chi connectivity index (χ1v) is 13.5. The summed E-state index contributed by atoms with van der Waals surface area (Å²) < 4.78 is 2.51. The molecule has 9 rings (SSSR count). The number of para-hydroxylation sites is 1. The van der Waals surface area contributed by atoms with E-state index in [1.54, 1.807) is 0 Å². The van der Waals surface area contributed by atoms with Crippen molar-refractivity contribution in [3.63, 3.8) is 0 Å². The van der Waals surface area contributed by atoms with Crippen molar-refractivity contribution < 1.29 is 0 Å². The van der Waals surface area contributed by atoms with Crippen LogP contribution in [0.15, 0.2) is 115 Å². The van der Waals surface area contributed by atoms with Crippen LogP contribution in [0, 0.1) is 0 Å². The standard InChI is InChI=1S/C37H25N/c1-37(2)32-18-9-8-15-25(32)28-19-29-31-20-30-24-14-7-6-13-23(24)26-16-10-17-27(35(26)30)36(31)38(34(29)21-33(28)37)22-11-4-3-5-12-22/h3-21H,1-2H3. The largest absolute Gasteiger partial charge is 0.309 e. The van der Waals surface area contributed by atoms with Gasteiger partial charge in [-0.05, 0) is 80.2 Å². The van der Waals surface area contributed by atoms with Gasteiger partial charge >= 0.3 is 0 Å². The van der Waals surface area contributed by atoms with Crippen LogP contribution in [0.2, 0.25) is 0 Å². The van der Waals surface area contributed by atoms with Crippen LogP contribution in [0.3, 0.4) is 0 Å². The number of benzene rings is 6. The zero-order chi connectivity index (χ0) is 25.2. The van der Waals surface area contributed by atoms with E-state index in [-0.39, 0.29) is 5.41 Å². The number of aromatic nitrogens is 1. The van der Waals surface area contributed by atoms with Crippen LogP contribution in [-0.4, -0.2) is 4.57 Å². The topological polar surface area (TPSA) is 4.93 Å². The van der Waals surface area contributed by atoms with E-state index in [2.05, 4.69) is 134 Å². The summed E-state index contributed by atoms with van der Waals surface area (Å²) in [5.41, 5.74) is 14.7. The third kappa shape index (κ3) is 2.33. The van der Waals surface area contributed by atoms with Crippen LogP contribution in [0.5, 0.6) is 0 Å². The minimum absolute atomic E-state index is 0.0388. The fraction of sp³-hybridized carbons (Fsp3) is 0.0811. The quantitative estimate of drug-likeness (QED) is 0.219. The minimum Gasteiger partial charge on any atom is -0.309 e. The highest BCUT2D eigenvalue weighted by atomic mass is 15.0. The highest BCUT2D eigenvalue weighted by molar-refractivity contribution is 6.28. The van der Waals surface area contributed by atoms with Gasteiger partial charge in [-0.2, -0.15) is 0 Å². The molecule has 6 aromatic carbocycles. The van der Waals surface area contributed by atoms with E-state index in [0.717, 1.165) is 0 Å². The molecule has 2 aliphatic carbocycles. The number of hydrogen-bond donors (Lipinski definition) is 0. The van der Waals surface area contributed by atoms with E-state index >= 15 is 0 Å². The average molecular weight is 484 g/mol. The highest BCUT2D eigenvalue weighted by Crippen LogP contribution is 2.54. The molecule has 1 nitrogen and oxygen atoms in total. The van der Waals surface area contributed by atoms with Gasteiger partial charge in [-0.3, -0.25) is 0 Å². The maximum Gasteiger partial charge on any atom is 0.0620 e. The van der Waals surface area contributed by atoms with Gasteiger partial charge in [0.2, 0.25) is 0 Å². The smallest absolute Gasteiger partial charge is 0.0620 e. The predicted molar refractivity (Wildman–Crippen MR) is 160 cm³/mol. The molecule has 178 valence electrons. The highest BCUT2D eigenvalue weighted by Gasteiger charge is 2.36. The molecule has 1 heteroatoms. The molecule has 0 saturated carbocycles. The molecule has 38 heavy (non-hydrogen) atoms. The summed E-state index contributed by atoms with van der Waals surface area (Å²) in [6.07, 6.45) is 0. The maximum atomic E-state index is 2.51. The molecule has 0 bridgehead atoms. The Morgan fingerprint density at radius 2 is 1.13 bits per heavy atom. The summed E-state index contributed by atoms with van der Waals surface area (Å²) in [6.45, 7) is 4.74. The molecule has 1 aromatic heterocycles. The molecule has 0 saturated heterocycles. The van der Waals surface area contributed by atoms with Crippen LogP contribution < -0.4 is 0 Å². The van der Waals surface area contributed by atoms with E-state index in [4.69, 9.17) is 0 Å². The zero-order valence-corrected chi connectivity index (χ0v) is 21.4. The summed E-state index contributed by atoms with van der Waals surface area (Å²) in [4.78, 5) is 0. The fourth-order valence-corrected chi connectivity index (χ4v) is 7.41. The van der Waals surface area contributed by atoms with Crippen LogP contribution in [-0.2, 0) is 5.41 Å². The van der Waals surface area contributed by atoms with E-state index in [1.165, 1.54) is 82.8 Å². The van der Waals surface area contributed by atoms with Crippen molar-refractivity contribution in [2.45, 2.75) is 19.3 Å². The van der Waals surface area contributed by atoms with Crippen LogP contribution in [0.25, 0.3) is 71.6 Å². The summed E-state index contributed by atoms with van der Waals surface area (Å²) in [5.74, 6) is 0. The SMILES string of the molecule is CC1(C)c2ccccc2-c2cc3c4cc5c6c(cccc6c4n(-c4ccccc4)c3cc21)-c1ccccc1-5. The Bertz CT molecular complexity index is 2140. The van der Waals surface area contributed by atoms with E-state index in [0.29, 0.717) is 0 Å². The van der Waals surface area contributed by atoms with Crippen LogP contribution in [0.1, 0.15) is 25.0 Å². The lowest BCUT2D eigenvalue weighted by Gasteiger charge is -2.21. The van der Waals surface area contributed by atoms with E-state index in [9.17, 15) is 0 Å². The first-order chi connectivity index (χ1) is 18.6. The second-order valence-electron chi connectivity index (χ2n) is 11.4. The van der Waals surface area contributed by atoms with Crippen molar-refractivity contribution in [1.29, 1.82) is 0 Å². The Labute approximate surface area is 221 Å². The summed E-state index contributed by atoms with van der Waals surface area (Å²) in [5, 5.41) is 5.35. The Balaban J connectivity index is 1.52. The summed E-state index contributed by atoms with van der Waals surface area (Å²) in [6, 6.07) is 43.0. The molecule has 0 N–H and O–H groups in total. The molecule has 1 heterocycles. The van der Waals surface area contributed by atoms with Gasteiger partial charge in [-0.15, -0.1) is 0 Å². The van der Waals surface area contributed by atoms with Gasteiger partial charge in [0.05, 0.1) is 11.0 Å². The number of fused-ring (bicyclic) bond motifs is 10. The monoisotopic (exact) mass is 483 g/mol. The van der Waals surface area contributed by atoms with Gasteiger partial charge in [-0.1, -0.05) is 98.8 Å². The zero-order valence-electron chi connectivity index (χ0n) is 21.4. The first kappa shape index (κ1) is 20.4. The molecule has 0 spiro atoms. The van der Waals surface area contributed by atoms with Gasteiger partial charge in [0.15, 0.2) is 0 Å². The Hall–Kier alpha value is -4.62. The normalized spacial score (nSPS) is 14.3. The van der Waals surface area contributed by atoms with Crippen molar-refractivity contribution in [2.24, 2.45) is 0 Å².